The van der Waals surface area contributed by atoms with Gasteiger partial charge in [-0.05, 0) is 37.6 Å². The quantitative estimate of drug-likeness (QED) is 0.739. The van der Waals surface area contributed by atoms with E-state index < -0.39 is 11.4 Å². The zero-order valence-corrected chi connectivity index (χ0v) is 9.70. The highest BCUT2D eigenvalue weighted by molar-refractivity contribution is 6.06. The molecule has 0 saturated heterocycles. The summed E-state index contributed by atoms with van der Waals surface area (Å²) in [6, 6.07) is 5.35. The lowest BCUT2D eigenvalue weighted by atomic mass is 9.86. The molecule has 0 saturated carbocycles. The van der Waals surface area contributed by atoms with Crippen molar-refractivity contribution in [1.82, 2.24) is 0 Å². The second-order valence-electron chi connectivity index (χ2n) is 4.59. The summed E-state index contributed by atoms with van der Waals surface area (Å²) >= 11 is 0. The summed E-state index contributed by atoms with van der Waals surface area (Å²) in [6.07, 6.45) is 0. The highest BCUT2D eigenvalue weighted by Gasteiger charge is 2.38. The van der Waals surface area contributed by atoms with Gasteiger partial charge in [-0.3, -0.25) is 9.59 Å². The van der Waals surface area contributed by atoms with Crippen molar-refractivity contribution in [2.24, 2.45) is 0 Å². The van der Waals surface area contributed by atoms with E-state index in [4.69, 9.17) is 5.11 Å². The molecule has 0 aliphatic carbocycles. The monoisotopic (exact) mass is 234 g/mol. The van der Waals surface area contributed by atoms with Crippen LogP contribution < -0.4 is 10.6 Å². The first-order chi connectivity index (χ1) is 7.91. The van der Waals surface area contributed by atoms with Crippen LogP contribution in [0.25, 0.3) is 0 Å². The van der Waals surface area contributed by atoms with E-state index in [2.05, 4.69) is 10.6 Å². The number of benzene rings is 1. The van der Waals surface area contributed by atoms with E-state index in [1.165, 1.54) is 0 Å². The molecule has 0 atom stereocenters. The maximum Gasteiger partial charge on any atom is 0.322 e. The topological polar surface area (TPSA) is 78.4 Å². The maximum atomic E-state index is 11.7. The minimum absolute atomic E-state index is 0.0390. The van der Waals surface area contributed by atoms with E-state index in [1.54, 1.807) is 12.1 Å². The molecule has 3 N–H and O–H groups in total. The highest BCUT2D eigenvalue weighted by Crippen LogP contribution is 2.38. The summed E-state index contributed by atoms with van der Waals surface area (Å²) in [5, 5.41) is 14.2. The van der Waals surface area contributed by atoms with Gasteiger partial charge < -0.3 is 15.7 Å². The van der Waals surface area contributed by atoms with E-state index in [0.29, 0.717) is 5.69 Å². The van der Waals surface area contributed by atoms with Crippen LogP contribution in [0.5, 0.6) is 0 Å². The molecule has 0 fully saturated rings. The predicted molar refractivity (Wildman–Crippen MR) is 64.2 cm³/mol. The van der Waals surface area contributed by atoms with Crippen LogP contribution >= 0.6 is 0 Å². The normalized spacial score (nSPS) is 16.2. The maximum absolute atomic E-state index is 11.7. The minimum atomic E-state index is -0.918. The predicted octanol–water partition coefficient (Wildman–Crippen LogP) is 1.41. The third-order valence-electron chi connectivity index (χ3n) is 2.95. The Labute approximate surface area is 98.8 Å². The molecule has 90 valence electrons. The lowest BCUT2D eigenvalue weighted by Gasteiger charge is -2.16. The Bertz CT molecular complexity index is 495. The third kappa shape index (κ3) is 1.95. The van der Waals surface area contributed by atoms with Crippen molar-refractivity contribution in [3.05, 3.63) is 23.8 Å². The van der Waals surface area contributed by atoms with E-state index in [-0.39, 0.29) is 12.5 Å². The Balaban J connectivity index is 2.29. The summed E-state index contributed by atoms with van der Waals surface area (Å²) in [7, 11) is 0. The number of fused-ring (bicyclic) bond motifs is 1. The summed E-state index contributed by atoms with van der Waals surface area (Å²) in [6.45, 7) is 3.55. The molecule has 1 amide bonds. The van der Waals surface area contributed by atoms with Crippen LogP contribution in [0.2, 0.25) is 0 Å². The first-order valence-corrected chi connectivity index (χ1v) is 5.33. The highest BCUT2D eigenvalue weighted by atomic mass is 16.4. The fraction of sp³-hybridized carbons (Fsp3) is 0.333. The number of carbonyl (C=O) groups is 2. The molecule has 0 radical (unpaired) electrons. The van der Waals surface area contributed by atoms with Crippen LogP contribution in [-0.2, 0) is 15.0 Å². The van der Waals surface area contributed by atoms with Gasteiger partial charge in [0, 0.05) is 11.4 Å². The van der Waals surface area contributed by atoms with E-state index in [9.17, 15) is 9.59 Å². The summed E-state index contributed by atoms with van der Waals surface area (Å²) in [4.78, 5) is 22.2. The lowest BCUT2D eigenvalue weighted by molar-refractivity contribution is -0.135. The summed E-state index contributed by atoms with van der Waals surface area (Å²) < 4.78 is 0. The summed E-state index contributed by atoms with van der Waals surface area (Å²) in [5.74, 6) is -0.957. The number of carboxylic acids is 1. The number of carbonyl (C=O) groups excluding carboxylic acids is 1. The fourth-order valence-corrected chi connectivity index (χ4v) is 1.86. The molecule has 1 aliphatic rings. The number of anilines is 2. The van der Waals surface area contributed by atoms with Crippen molar-refractivity contribution in [3.8, 4) is 0 Å². The molecule has 2 rings (SSSR count). The van der Waals surface area contributed by atoms with Crippen LogP contribution in [-0.4, -0.2) is 23.5 Å². The van der Waals surface area contributed by atoms with Gasteiger partial charge in [-0.2, -0.15) is 0 Å². The van der Waals surface area contributed by atoms with Gasteiger partial charge in [-0.15, -0.1) is 0 Å². The number of hydrogen-bond donors (Lipinski definition) is 3. The van der Waals surface area contributed by atoms with Crippen molar-refractivity contribution < 1.29 is 14.7 Å². The molecule has 0 spiro atoms. The van der Waals surface area contributed by atoms with Crippen LogP contribution in [0.15, 0.2) is 18.2 Å². The zero-order valence-electron chi connectivity index (χ0n) is 9.70. The van der Waals surface area contributed by atoms with Crippen LogP contribution in [0.3, 0.4) is 0 Å². The largest absolute Gasteiger partial charge is 0.480 e. The number of nitrogens with one attached hydrogen (secondary N) is 2. The Hall–Kier alpha value is -2.04. The molecule has 0 bridgehead atoms. The molecule has 0 unspecified atom stereocenters. The van der Waals surface area contributed by atoms with Crippen molar-refractivity contribution >= 4 is 23.3 Å². The first kappa shape index (κ1) is 11.4. The molecule has 0 aromatic heterocycles. The average Bonchev–Trinajstić information content (AvgIpc) is 2.48. The molecular formula is C12H14N2O3. The molecule has 5 heteroatoms. The molecule has 1 aromatic carbocycles. The summed E-state index contributed by atoms with van der Waals surface area (Å²) in [5.41, 5.74) is 1.81. The number of carboxylic acid groups (broad SMARTS) is 1. The van der Waals surface area contributed by atoms with E-state index in [0.717, 1.165) is 11.3 Å². The zero-order chi connectivity index (χ0) is 12.6. The Morgan fingerprint density at radius 3 is 2.82 bits per heavy atom. The fourth-order valence-electron chi connectivity index (χ4n) is 1.86. The van der Waals surface area contributed by atoms with Gasteiger partial charge in [-0.25, -0.2) is 0 Å². The third-order valence-corrected chi connectivity index (χ3v) is 2.95. The Morgan fingerprint density at radius 1 is 1.47 bits per heavy atom. The van der Waals surface area contributed by atoms with Crippen molar-refractivity contribution in [2.45, 2.75) is 19.3 Å². The number of amides is 1. The van der Waals surface area contributed by atoms with Gasteiger partial charge in [0.15, 0.2) is 0 Å². The van der Waals surface area contributed by atoms with Crippen LogP contribution in [0, 0.1) is 0 Å². The molecule has 1 heterocycles. The smallest absolute Gasteiger partial charge is 0.322 e. The number of rotatable bonds is 3. The van der Waals surface area contributed by atoms with Gasteiger partial charge in [0.2, 0.25) is 5.91 Å². The van der Waals surface area contributed by atoms with Crippen molar-refractivity contribution in [3.63, 3.8) is 0 Å². The Kier molecular flexibility index (Phi) is 2.53. The number of hydrogen-bond acceptors (Lipinski definition) is 3. The standard InChI is InChI=1S/C12H14N2O3/c1-12(2)8-5-7(13-6-10(15)16)3-4-9(8)14-11(12)17/h3-5,13H,6H2,1-2H3,(H,14,17)(H,15,16). The van der Waals surface area contributed by atoms with Crippen LogP contribution in [0.4, 0.5) is 11.4 Å². The van der Waals surface area contributed by atoms with E-state index in [1.807, 2.05) is 19.9 Å². The molecule has 17 heavy (non-hydrogen) atoms. The van der Waals surface area contributed by atoms with Gasteiger partial charge in [0.1, 0.15) is 6.54 Å². The molecule has 1 aliphatic heterocycles. The second kappa shape index (κ2) is 3.76. The first-order valence-electron chi connectivity index (χ1n) is 5.33. The van der Waals surface area contributed by atoms with Crippen molar-refractivity contribution in [1.29, 1.82) is 0 Å². The van der Waals surface area contributed by atoms with Gasteiger partial charge >= 0.3 is 5.97 Å². The van der Waals surface area contributed by atoms with Crippen LogP contribution in [0.1, 0.15) is 19.4 Å². The second-order valence-corrected chi connectivity index (χ2v) is 4.59. The van der Waals surface area contributed by atoms with Gasteiger partial charge in [-0.1, -0.05) is 0 Å². The van der Waals surface area contributed by atoms with E-state index >= 15 is 0 Å². The van der Waals surface area contributed by atoms with Crippen molar-refractivity contribution in [2.75, 3.05) is 17.2 Å². The lowest BCUT2D eigenvalue weighted by Crippen LogP contribution is -2.26. The SMILES string of the molecule is CC1(C)C(=O)Nc2ccc(NCC(=O)O)cc21. The molecular weight excluding hydrogens is 220 g/mol. The molecule has 5 nitrogen and oxygen atoms in total. The van der Waals surface area contributed by atoms with Gasteiger partial charge in [0.05, 0.1) is 5.41 Å². The number of aliphatic carboxylic acids is 1. The minimum Gasteiger partial charge on any atom is -0.480 e. The average molecular weight is 234 g/mol. The van der Waals surface area contributed by atoms with Gasteiger partial charge in [0.25, 0.3) is 0 Å². The molecule has 1 aromatic rings. The Morgan fingerprint density at radius 2 is 2.18 bits per heavy atom.